The average Bonchev–Trinajstić information content (AvgIpc) is 2.95. The number of hydrogen-bond donors (Lipinski definition) is 1. The van der Waals surface area contributed by atoms with Gasteiger partial charge >= 0.3 is 5.97 Å². The van der Waals surface area contributed by atoms with E-state index in [1.54, 1.807) is 26.4 Å². The topological polar surface area (TPSA) is 74.2 Å². The number of benzene rings is 3. The summed E-state index contributed by atoms with van der Waals surface area (Å²) in [5.74, 6) is 1.94. The molecular weight excluding hydrogens is 480 g/mol. The number of unbranched alkanes of at least 4 members (excludes halogenated alkanes) is 2. The summed E-state index contributed by atoms with van der Waals surface area (Å²) in [7, 11) is 3.33. The van der Waals surface area contributed by atoms with Gasteiger partial charge < -0.3 is 24.1 Å². The smallest absolute Gasteiger partial charge is 0.342 e. The second kappa shape index (κ2) is 14.9. The molecule has 0 saturated carbocycles. The highest BCUT2D eigenvalue weighted by atomic mass is 16.5. The predicted octanol–water partition coefficient (Wildman–Crippen LogP) is 7.46. The number of methoxy groups -OCH3 is 2. The lowest BCUT2D eigenvalue weighted by molar-refractivity contribution is 0.0469. The highest BCUT2D eigenvalue weighted by molar-refractivity contribution is 5.93. The Morgan fingerprint density at radius 3 is 2.39 bits per heavy atom. The van der Waals surface area contributed by atoms with Gasteiger partial charge in [0.1, 0.15) is 23.7 Å². The van der Waals surface area contributed by atoms with E-state index in [9.17, 15) is 9.90 Å². The van der Waals surface area contributed by atoms with E-state index in [1.807, 2.05) is 49.4 Å². The van der Waals surface area contributed by atoms with Crippen molar-refractivity contribution in [3.8, 4) is 23.0 Å². The van der Waals surface area contributed by atoms with Gasteiger partial charge in [-0.05, 0) is 48.9 Å². The van der Waals surface area contributed by atoms with Gasteiger partial charge in [-0.1, -0.05) is 75.6 Å². The maximum atomic E-state index is 12.6. The normalized spacial score (nSPS) is 11.6. The zero-order chi connectivity index (χ0) is 27.3. The van der Waals surface area contributed by atoms with E-state index in [0.29, 0.717) is 30.3 Å². The van der Waals surface area contributed by atoms with E-state index < -0.39 is 5.97 Å². The number of phenolic OH excluding ortho intramolecular Hbond substituents is 1. The molecule has 3 aromatic carbocycles. The number of para-hydroxylation sites is 1. The molecule has 38 heavy (non-hydrogen) atoms. The van der Waals surface area contributed by atoms with Crippen molar-refractivity contribution in [3.05, 3.63) is 82.9 Å². The molecule has 6 heteroatoms. The van der Waals surface area contributed by atoms with Crippen LogP contribution in [0.5, 0.6) is 23.0 Å². The van der Waals surface area contributed by atoms with Crippen LogP contribution in [0.4, 0.5) is 0 Å². The minimum Gasteiger partial charge on any atom is -0.507 e. The first-order valence-electron chi connectivity index (χ1n) is 13.4. The van der Waals surface area contributed by atoms with E-state index >= 15 is 0 Å². The average molecular weight is 521 g/mol. The van der Waals surface area contributed by atoms with E-state index in [4.69, 9.17) is 18.9 Å². The maximum absolute atomic E-state index is 12.6. The molecule has 6 nitrogen and oxygen atoms in total. The van der Waals surface area contributed by atoms with Crippen LogP contribution < -0.4 is 14.2 Å². The maximum Gasteiger partial charge on any atom is 0.342 e. The third-order valence-electron chi connectivity index (χ3n) is 6.68. The largest absolute Gasteiger partial charge is 0.507 e. The number of rotatable bonds is 15. The molecule has 0 saturated heterocycles. The summed E-state index contributed by atoms with van der Waals surface area (Å²) in [6.45, 7) is 4.94. The molecule has 3 rings (SSSR count). The molecule has 0 aromatic heterocycles. The molecule has 0 heterocycles. The first-order valence-corrected chi connectivity index (χ1v) is 13.4. The Bertz CT molecular complexity index is 1160. The van der Waals surface area contributed by atoms with Gasteiger partial charge in [-0.15, -0.1) is 0 Å². The Labute approximate surface area is 226 Å². The molecule has 0 spiro atoms. The van der Waals surface area contributed by atoms with Crippen LogP contribution in [0.2, 0.25) is 0 Å². The molecule has 0 aliphatic carbocycles. The molecule has 0 aliphatic heterocycles. The molecule has 204 valence electrons. The summed E-state index contributed by atoms with van der Waals surface area (Å²) in [5.41, 5.74) is 2.87. The van der Waals surface area contributed by atoms with Crippen molar-refractivity contribution in [3.63, 3.8) is 0 Å². The molecule has 1 N–H and O–H groups in total. The van der Waals surface area contributed by atoms with E-state index in [1.165, 1.54) is 0 Å². The van der Waals surface area contributed by atoms with Crippen molar-refractivity contribution in [1.82, 2.24) is 0 Å². The summed E-state index contributed by atoms with van der Waals surface area (Å²) < 4.78 is 22.5. The monoisotopic (exact) mass is 520 g/mol. The van der Waals surface area contributed by atoms with Gasteiger partial charge in [0.15, 0.2) is 11.5 Å². The SMILES string of the molecule is CCCc1c(OCCCCCC(C)c2cccc(OC)c2OC)ccc(C(=O)OCc2ccccc2)c1O. The Hall–Kier alpha value is -3.67. The highest BCUT2D eigenvalue weighted by Gasteiger charge is 2.20. The van der Waals surface area contributed by atoms with Gasteiger partial charge in [-0.3, -0.25) is 0 Å². The van der Waals surface area contributed by atoms with E-state index in [-0.39, 0.29) is 17.9 Å². The number of carbonyl (C=O) groups is 1. The van der Waals surface area contributed by atoms with Crippen LogP contribution in [0.15, 0.2) is 60.7 Å². The van der Waals surface area contributed by atoms with Gasteiger partial charge in [-0.2, -0.15) is 0 Å². The number of esters is 1. The Kier molecular flexibility index (Phi) is 11.3. The number of ether oxygens (including phenoxy) is 4. The summed E-state index contributed by atoms with van der Waals surface area (Å²) in [4.78, 5) is 12.6. The molecule has 1 atom stereocenters. The number of carbonyl (C=O) groups excluding carboxylic acids is 1. The van der Waals surface area contributed by atoms with Crippen LogP contribution in [0.3, 0.4) is 0 Å². The number of aromatic hydroxyl groups is 1. The number of phenols is 1. The van der Waals surface area contributed by atoms with Gasteiger partial charge in [-0.25, -0.2) is 4.79 Å². The predicted molar refractivity (Wildman–Crippen MR) is 150 cm³/mol. The van der Waals surface area contributed by atoms with Crippen LogP contribution in [-0.2, 0) is 17.8 Å². The van der Waals surface area contributed by atoms with Crippen molar-refractivity contribution >= 4 is 5.97 Å². The molecular formula is C32H40O6. The highest BCUT2D eigenvalue weighted by Crippen LogP contribution is 2.37. The summed E-state index contributed by atoms with van der Waals surface area (Å²) in [6, 6.07) is 18.8. The van der Waals surface area contributed by atoms with E-state index in [0.717, 1.165) is 54.7 Å². The van der Waals surface area contributed by atoms with Crippen molar-refractivity contribution in [2.24, 2.45) is 0 Å². The van der Waals surface area contributed by atoms with Gasteiger partial charge in [0.2, 0.25) is 0 Å². The van der Waals surface area contributed by atoms with E-state index in [2.05, 4.69) is 13.0 Å². The Balaban J connectivity index is 1.51. The van der Waals surface area contributed by atoms with Crippen LogP contribution in [-0.4, -0.2) is 31.9 Å². The molecule has 0 radical (unpaired) electrons. The molecule has 0 aliphatic rings. The first-order chi connectivity index (χ1) is 18.5. The fourth-order valence-corrected chi connectivity index (χ4v) is 4.58. The lowest BCUT2D eigenvalue weighted by Crippen LogP contribution is -2.08. The van der Waals surface area contributed by atoms with Gasteiger partial charge in [0.25, 0.3) is 0 Å². The molecule has 3 aromatic rings. The molecule has 0 amide bonds. The summed E-state index contributed by atoms with van der Waals surface area (Å²) in [6.07, 6.45) is 5.44. The standard InChI is InChI=1S/C32H40O6/c1-5-13-26-28(20-19-27(30(26)33)32(34)38-22-24-15-9-6-10-16-24)37-21-11-7-8-14-23(2)25-17-12-18-29(35-3)31(25)36-4/h6,9-10,12,15-20,23,33H,5,7-8,11,13-14,21-22H2,1-4H3. The van der Waals surface area contributed by atoms with Crippen molar-refractivity contribution in [2.45, 2.75) is 64.9 Å². The lowest BCUT2D eigenvalue weighted by atomic mass is 9.94. The first kappa shape index (κ1) is 28.9. The van der Waals surface area contributed by atoms with Crippen LogP contribution in [0.1, 0.15) is 78.9 Å². The zero-order valence-electron chi connectivity index (χ0n) is 23.0. The third-order valence-corrected chi connectivity index (χ3v) is 6.68. The fraction of sp³-hybridized carbons (Fsp3) is 0.406. The lowest BCUT2D eigenvalue weighted by Gasteiger charge is -2.18. The van der Waals surface area contributed by atoms with Crippen LogP contribution >= 0.6 is 0 Å². The minimum atomic E-state index is -0.544. The second-order valence-corrected chi connectivity index (χ2v) is 9.43. The minimum absolute atomic E-state index is 0.0523. The molecule has 0 fully saturated rings. The van der Waals surface area contributed by atoms with Crippen LogP contribution in [0, 0.1) is 0 Å². The van der Waals surface area contributed by atoms with Crippen molar-refractivity contribution in [1.29, 1.82) is 0 Å². The second-order valence-electron chi connectivity index (χ2n) is 9.43. The van der Waals surface area contributed by atoms with Gasteiger partial charge in [0.05, 0.1) is 20.8 Å². The van der Waals surface area contributed by atoms with Crippen molar-refractivity contribution < 1.29 is 28.8 Å². The quantitative estimate of drug-likeness (QED) is 0.166. The summed E-state index contributed by atoms with van der Waals surface area (Å²) >= 11 is 0. The third kappa shape index (κ3) is 7.67. The molecule has 0 bridgehead atoms. The van der Waals surface area contributed by atoms with Crippen molar-refractivity contribution in [2.75, 3.05) is 20.8 Å². The summed E-state index contributed by atoms with van der Waals surface area (Å²) in [5, 5.41) is 10.9. The zero-order valence-corrected chi connectivity index (χ0v) is 23.0. The Morgan fingerprint density at radius 2 is 1.68 bits per heavy atom. The number of hydrogen-bond acceptors (Lipinski definition) is 6. The van der Waals surface area contributed by atoms with Gasteiger partial charge in [0, 0.05) is 11.1 Å². The van der Waals surface area contributed by atoms with Crippen LogP contribution in [0.25, 0.3) is 0 Å². The fourth-order valence-electron chi connectivity index (χ4n) is 4.58. The Morgan fingerprint density at radius 1 is 0.895 bits per heavy atom. The molecule has 1 unspecified atom stereocenters.